The lowest BCUT2D eigenvalue weighted by Gasteiger charge is -2.25. The number of hydrogen-bond donors (Lipinski definition) is 5. The molecule has 0 aromatic heterocycles. The fourth-order valence-electron chi connectivity index (χ4n) is 4.08. The number of rotatable bonds is 10. The molecule has 0 radical (unpaired) electrons. The molecule has 1 heterocycles. The first-order valence-electron chi connectivity index (χ1n) is 11.4. The van der Waals surface area contributed by atoms with Gasteiger partial charge in [-0.1, -0.05) is 36.4 Å². The predicted molar refractivity (Wildman–Crippen MR) is 139 cm³/mol. The average Bonchev–Trinajstić information content (AvgIpc) is 3.27. The fourth-order valence-corrected chi connectivity index (χ4v) is 4.87. The van der Waals surface area contributed by atoms with E-state index in [-0.39, 0.29) is 41.7 Å². The van der Waals surface area contributed by atoms with Crippen molar-refractivity contribution >= 4 is 40.1 Å². The number of carbonyl (C=O) groups is 2. The zero-order chi connectivity index (χ0) is 25.6. The molecule has 36 heavy (non-hydrogen) atoms. The van der Waals surface area contributed by atoms with Crippen LogP contribution in [-0.2, 0) is 32.6 Å². The van der Waals surface area contributed by atoms with Gasteiger partial charge in [0.1, 0.15) is 17.6 Å². The molecule has 0 aliphatic carbocycles. The molecule has 1 fully saturated rings. The number of imide groups is 1. The number of aromatic hydroxyl groups is 1. The number of carbonyl (C=O) groups excluding carboxylic acids is 2. The second kappa shape index (κ2) is 12.8. The number of amidine groups is 1. The number of amides is 2. The van der Waals surface area contributed by atoms with Gasteiger partial charge >= 0.3 is 0 Å². The van der Waals surface area contributed by atoms with Gasteiger partial charge < -0.3 is 10.8 Å². The van der Waals surface area contributed by atoms with Crippen molar-refractivity contribution in [3.05, 3.63) is 65.2 Å². The molecule has 0 unspecified atom stereocenters. The summed E-state index contributed by atoms with van der Waals surface area (Å²) in [6, 6.07) is 12.1. The van der Waals surface area contributed by atoms with E-state index >= 15 is 0 Å². The molecule has 0 spiro atoms. The lowest BCUT2D eigenvalue weighted by Crippen LogP contribution is -2.53. The molecular weight excluding hydrogens is 506 g/mol. The minimum Gasteiger partial charge on any atom is -0.507 e. The zero-order valence-corrected chi connectivity index (χ0v) is 21.6. The van der Waals surface area contributed by atoms with Gasteiger partial charge in [-0.25, -0.2) is 13.1 Å². The van der Waals surface area contributed by atoms with E-state index in [0.717, 1.165) is 17.5 Å². The summed E-state index contributed by atoms with van der Waals surface area (Å²) in [5.41, 5.74) is 7.16. The van der Waals surface area contributed by atoms with Crippen LogP contribution in [0.25, 0.3) is 0 Å². The lowest BCUT2D eigenvalue weighted by atomic mass is 10.1. The molecule has 196 valence electrons. The largest absolute Gasteiger partial charge is 0.507 e. The Labute approximate surface area is 217 Å². The van der Waals surface area contributed by atoms with Gasteiger partial charge in [-0.3, -0.25) is 25.2 Å². The van der Waals surface area contributed by atoms with Crippen molar-refractivity contribution < 1.29 is 23.1 Å². The van der Waals surface area contributed by atoms with Gasteiger partial charge in [0, 0.05) is 6.54 Å². The molecule has 1 aliphatic rings. The van der Waals surface area contributed by atoms with Crippen LogP contribution in [0.1, 0.15) is 36.5 Å². The van der Waals surface area contributed by atoms with Gasteiger partial charge in [-0.15, -0.1) is 12.4 Å². The summed E-state index contributed by atoms with van der Waals surface area (Å²) in [7, 11) is -3.68. The molecule has 0 saturated carbocycles. The highest BCUT2D eigenvalue weighted by atomic mass is 35.5. The van der Waals surface area contributed by atoms with Crippen LogP contribution in [0.15, 0.2) is 48.5 Å². The first-order valence-corrected chi connectivity index (χ1v) is 13.0. The molecule has 10 nitrogen and oxygen atoms in total. The van der Waals surface area contributed by atoms with Crippen molar-refractivity contribution in [3.8, 4) is 5.75 Å². The number of phenolic OH excluding ortho intramolecular Hbond substituents is 1. The Hall–Kier alpha value is -2.99. The Morgan fingerprint density at radius 3 is 2.50 bits per heavy atom. The van der Waals surface area contributed by atoms with Crippen molar-refractivity contribution in [2.24, 2.45) is 5.73 Å². The van der Waals surface area contributed by atoms with Crippen LogP contribution in [0.3, 0.4) is 0 Å². The second-order valence-electron chi connectivity index (χ2n) is 8.51. The van der Waals surface area contributed by atoms with E-state index in [9.17, 15) is 23.1 Å². The molecule has 1 saturated heterocycles. The Kier molecular flexibility index (Phi) is 10.4. The highest BCUT2D eigenvalue weighted by molar-refractivity contribution is 7.89. The van der Waals surface area contributed by atoms with E-state index in [1.165, 1.54) is 13.0 Å². The van der Waals surface area contributed by atoms with Gasteiger partial charge in [0.2, 0.25) is 21.8 Å². The maximum Gasteiger partial charge on any atom is 0.245 e. The number of nitrogens with two attached hydrogens (primary N) is 1. The topological polar surface area (TPSA) is 166 Å². The van der Waals surface area contributed by atoms with Crippen molar-refractivity contribution in [2.45, 2.75) is 44.8 Å². The van der Waals surface area contributed by atoms with Crippen LogP contribution in [-0.4, -0.2) is 60.5 Å². The number of phenols is 1. The molecule has 1 aliphatic heterocycles. The summed E-state index contributed by atoms with van der Waals surface area (Å²) in [5.74, 6) is -1.74. The van der Waals surface area contributed by atoms with E-state index in [4.69, 9.17) is 11.1 Å². The minimum absolute atomic E-state index is 0. The van der Waals surface area contributed by atoms with Gasteiger partial charge in [-0.05, 0) is 56.0 Å². The molecule has 12 heteroatoms. The molecule has 2 aromatic rings. The van der Waals surface area contributed by atoms with Gasteiger partial charge in [0.05, 0.1) is 17.4 Å². The van der Waals surface area contributed by atoms with Crippen LogP contribution in [0.2, 0.25) is 0 Å². The number of nitrogens with zero attached hydrogens (tertiary/aromatic N) is 1. The van der Waals surface area contributed by atoms with Gasteiger partial charge in [0.25, 0.3) is 0 Å². The molecule has 0 bridgehead atoms. The quantitative estimate of drug-likeness (QED) is 0.225. The third-order valence-corrected chi connectivity index (χ3v) is 7.36. The zero-order valence-electron chi connectivity index (χ0n) is 19.9. The average molecular weight is 538 g/mol. The second-order valence-corrected chi connectivity index (χ2v) is 10.6. The predicted octanol–water partition coefficient (Wildman–Crippen LogP) is 1.26. The number of nitrogen functional groups attached to an aromatic ring is 1. The SMILES string of the molecule is CCS(=O)(=O)N[C@H](Cc1ccccc1)C(=O)NC(=O)[C@@H]1CCCN1Cc1ccc(C(=N)N)c(O)c1.Cl. The van der Waals surface area contributed by atoms with E-state index in [2.05, 4.69) is 10.0 Å². The van der Waals surface area contributed by atoms with Gasteiger partial charge in [-0.2, -0.15) is 0 Å². The molecule has 3 rings (SSSR count). The molecule has 2 atom stereocenters. The maximum absolute atomic E-state index is 13.0. The molecular formula is C24H32ClN5O5S. The van der Waals surface area contributed by atoms with Crippen molar-refractivity contribution in [1.29, 1.82) is 5.41 Å². The van der Waals surface area contributed by atoms with Crippen molar-refractivity contribution in [2.75, 3.05) is 12.3 Å². The number of halogens is 1. The number of benzene rings is 2. The summed E-state index contributed by atoms with van der Waals surface area (Å²) in [6.07, 6.45) is 1.40. The highest BCUT2D eigenvalue weighted by Crippen LogP contribution is 2.24. The monoisotopic (exact) mass is 537 g/mol. The van der Waals surface area contributed by atoms with Crippen LogP contribution in [0.5, 0.6) is 5.75 Å². The van der Waals surface area contributed by atoms with E-state index in [1.54, 1.807) is 36.4 Å². The van der Waals surface area contributed by atoms with Crippen LogP contribution < -0.4 is 15.8 Å². The van der Waals surface area contributed by atoms with Crippen LogP contribution in [0.4, 0.5) is 0 Å². The summed E-state index contributed by atoms with van der Waals surface area (Å²) in [5, 5.41) is 20.0. The summed E-state index contributed by atoms with van der Waals surface area (Å²) < 4.78 is 26.7. The first kappa shape index (κ1) is 29.2. The standard InChI is InChI=1S/C24H31N5O5S.ClH/c1-2-35(33,34)28-19(13-16-7-4-3-5-8-16)23(31)27-24(32)20-9-6-12-29(20)15-17-10-11-18(22(25)26)21(30)14-17;/h3-5,7-8,10-11,14,19-20,28,30H,2,6,9,12-13,15H2,1H3,(H3,25,26)(H,27,31,32);1H/t19-,20+;/m1./s1. The van der Waals surface area contributed by atoms with Crippen LogP contribution >= 0.6 is 12.4 Å². The van der Waals surface area contributed by atoms with E-state index < -0.39 is 33.9 Å². The van der Waals surface area contributed by atoms with Crippen LogP contribution in [0, 0.1) is 5.41 Å². The Morgan fingerprint density at radius 2 is 1.89 bits per heavy atom. The first-order chi connectivity index (χ1) is 16.6. The number of sulfonamides is 1. The Balaban J connectivity index is 0.00000456. The minimum atomic E-state index is -3.68. The summed E-state index contributed by atoms with van der Waals surface area (Å²) in [6.45, 7) is 2.45. The Morgan fingerprint density at radius 1 is 1.19 bits per heavy atom. The summed E-state index contributed by atoms with van der Waals surface area (Å²) in [4.78, 5) is 27.9. The highest BCUT2D eigenvalue weighted by Gasteiger charge is 2.33. The molecule has 2 aromatic carbocycles. The number of hydrogen-bond acceptors (Lipinski definition) is 7. The Bertz CT molecular complexity index is 1190. The van der Waals surface area contributed by atoms with E-state index in [0.29, 0.717) is 19.5 Å². The van der Waals surface area contributed by atoms with Crippen molar-refractivity contribution in [3.63, 3.8) is 0 Å². The van der Waals surface area contributed by atoms with Crippen molar-refractivity contribution in [1.82, 2.24) is 14.9 Å². The number of nitrogens with one attached hydrogen (secondary N) is 3. The molecule has 2 amide bonds. The lowest BCUT2D eigenvalue weighted by molar-refractivity contribution is -0.134. The van der Waals surface area contributed by atoms with E-state index in [1.807, 2.05) is 11.0 Å². The maximum atomic E-state index is 13.0. The fraction of sp³-hybridized carbons (Fsp3) is 0.375. The number of likely N-dealkylation sites (tertiary alicyclic amines) is 1. The van der Waals surface area contributed by atoms with Gasteiger partial charge in [0.15, 0.2) is 0 Å². The normalized spacial score (nSPS) is 16.6. The molecule has 6 N–H and O–H groups in total. The smallest absolute Gasteiger partial charge is 0.245 e. The third kappa shape index (κ3) is 7.76. The third-order valence-electron chi connectivity index (χ3n) is 5.95. The summed E-state index contributed by atoms with van der Waals surface area (Å²) >= 11 is 0.